The van der Waals surface area contributed by atoms with Crippen molar-refractivity contribution in [2.45, 2.75) is 19.4 Å². The Morgan fingerprint density at radius 2 is 2.08 bits per heavy atom. The first-order chi connectivity index (χ1) is 17.7. The zero-order valence-corrected chi connectivity index (χ0v) is 21.0. The van der Waals surface area contributed by atoms with Gasteiger partial charge in [-0.3, -0.25) is 5.01 Å². The van der Waals surface area contributed by atoms with Gasteiger partial charge in [-0.05, 0) is 47.4 Å². The smallest absolute Gasteiger partial charge is 0.185 e. The number of rotatable bonds is 8. The number of aromatic nitrogens is 3. The number of hydrogen-bond donors (Lipinski definition) is 2. The first-order valence-corrected chi connectivity index (χ1v) is 13.0. The van der Waals surface area contributed by atoms with E-state index in [-0.39, 0.29) is 0 Å². The fourth-order valence-corrected chi connectivity index (χ4v) is 5.62. The first-order valence-electron chi connectivity index (χ1n) is 12.1. The molecule has 9 heteroatoms. The number of hydrogen-bond acceptors (Lipinski definition) is 8. The van der Waals surface area contributed by atoms with E-state index in [1.807, 2.05) is 28.2 Å². The molecule has 0 amide bonds. The highest BCUT2D eigenvalue weighted by Crippen LogP contribution is 2.31. The van der Waals surface area contributed by atoms with Crippen LogP contribution in [0.2, 0.25) is 0 Å². The zero-order chi connectivity index (χ0) is 24.3. The lowest BCUT2D eigenvalue weighted by Crippen LogP contribution is -2.38. The second-order valence-electron chi connectivity index (χ2n) is 9.03. The molecule has 0 unspecified atom stereocenters. The van der Waals surface area contributed by atoms with Crippen molar-refractivity contribution in [2.75, 3.05) is 31.7 Å². The molecule has 2 N–H and O–H groups in total. The average Bonchev–Trinajstić information content (AvgIpc) is 3.69. The van der Waals surface area contributed by atoms with Gasteiger partial charge in [0.15, 0.2) is 5.13 Å². The molecule has 0 bridgehead atoms. The van der Waals surface area contributed by atoms with Crippen LogP contribution in [0.25, 0.3) is 11.4 Å². The number of anilines is 1. The summed E-state index contributed by atoms with van der Waals surface area (Å²) in [5, 5.41) is 7.45. The third-order valence-corrected chi connectivity index (χ3v) is 7.61. The summed E-state index contributed by atoms with van der Waals surface area (Å²) in [6.07, 6.45) is 9.79. The average molecular weight is 500 g/mol. The number of nitrogens with one attached hydrogen (secondary N) is 2. The van der Waals surface area contributed by atoms with Crippen LogP contribution in [-0.4, -0.2) is 46.6 Å². The molecule has 4 heterocycles. The van der Waals surface area contributed by atoms with Gasteiger partial charge in [0.05, 0.1) is 24.5 Å². The van der Waals surface area contributed by atoms with E-state index in [0.29, 0.717) is 6.61 Å². The Morgan fingerprint density at radius 3 is 2.97 bits per heavy atom. The highest BCUT2D eigenvalue weighted by molar-refractivity contribution is 7.15. The molecule has 0 atom stereocenters. The van der Waals surface area contributed by atoms with Gasteiger partial charge in [0.25, 0.3) is 0 Å². The summed E-state index contributed by atoms with van der Waals surface area (Å²) in [6, 6.07) is 17.3. The number of benzene rings is 2. The number of hydrazine groups is 2. The number of ether oxygens (including phenoxy) is 1. The standard InChI is InChI=1S/C27H29N7OS/c1-35-13-12-33-19-26(30-31-33)22-7-6-21-8-11-32(18-23(21)16-22)27-28-17-25(36-27)15-20-4-2-5-24(14-20)34-10-3-9-29-34/h2-7,9-10,14,16-17,19,30-31H,8,11-13,15,18H2,1H3. The Kier molecular flexibility index (Phi) is 6.42. The van der Waals surface area contributed by atoms with Crippen LogP contribution in [0.15, 0.2) is 73.3 Å². The van der Waals surface area contributed by atoms with Crippen molar-refractivity contribution >= 4 is 22.2 Å². The monoisotopic (exact) mass is 499 g/mol. The Balaban J connectivity index is 1.14. The molecule has 2 aliphatic heterocycles. The minimum Gasteiger partial charge on any atom is -0.383 e. The zero-order valence-electron chi connectivity index (χ0n) is 20.2. The molecule has 2 aromatic carbocycles. The Hall–Kier alpha value is -3.66. The first kappa shape index (κ1) is 22.8. The quantitative estimate of drug-likeness (QED) is 0.383. The lowest BCUT2D eigenvalue weighted by atomic mass is 9.97. The van der Waals surface area contributed by atoms with E-state index in [9.17, 15) is 0 Å². The van der Waals surface area contributed by atoms with Crippen molar-refractivity contribution in [3.05, 3.63) is 100 Å². The molecular formula is C27H29N7OS. The van der Waals surface area contributed by atoms with Crippen molar-refractivity contribution in [2.24, 2.45) is 0 Å². The van der Waals surface area contributed by atoms with Crippen LogP contribution < -0.4 is 15.9 Å². The molecule has 0 saturated carbocycles. The van der Waals surface area contributed by atoms with E-state index in [1.54, 1.807) is 24.6 Å². The Bertz CT molecular complexity index is 1360. The third kappa shape index (κ3) is 4.86. The molecule has 4 aromatic rings. The van der Waals surface area contributed by atoms with Crippen molar-refractivity contribution in [1.82, 2.24) is 30.7 Å². The molecule has 0 fully saturated rings. The van der Waals surface area contributed by atoms with E-state index in [1.165, 1.54) is 27.1 Å². The lowest BCUT2D eigenvalue weighted by molar-refractivity contribution is 0.148. The van der Waals surface area contributed by atoms with Gasteiger partial charge in [-0.1, -0.05) is 24.3 Å². The number of nitrogens with zero attached hydrogens (tertiary/aromatic N) is 5. The van der Waals surface area contributed by atoms with Gasteiger partial charge in [-0.15, -0.1) is 16.9 Å². The maximum absolute atomic E-state index is 5.18. The molecule has 2 aliphatic rings. The molecule has 2 aromatic heterocycles. The summed E-state index contributed by atoms with van der Waals surface area (Å²) < 4.78 is 7.07. The molecular weight excluding hydrogens is 470 g/mol. The summed E-state index contributed by atoms with van der Waals surface area (Å²) in [7, 11) is 1.72. The Morgan fingerprint density at radius 1 is 1.11 bits per heavy atom. The topological polar surface area (TPSA) is 70.5 Å². The lowest BCUT2D eigenvalue weighted by Gasteiger charge is -2.29. The van der Waals surface area contributed by atoms with Crippen LogP contribution in [0, 0.1) is 0 Å². The van der Waals surface area contributed by atoms with Crippen molar-refractivity contribution in [3.63, 3.8) is 0 Å². The van der Waals surface area contributed by atoms with Crippen LogP contribution in [0.4, 0.5) is 5.13 Å². The Labute approximate surface area is 214 Å². The number of thiazole rings is 1. The number of methoxy groups -OCH3 is 1. The van der Waals surface area contributed by atoms with Crippen LogP contribution >= 0.6 is 11.3 Å². The van der Waals surface area contributed by atoms with E-state index in [2.05, 4.69) is 69.6 Å². The number of fused-ring (bicyclic) bond motifs is 1. The predicted molar refractivity (Wildman–Crippen MR) is 143 cm³/mol. The predicted octanol–water partition coefficient (Wildman–Crippen LogP) is 3.75. The van der Waals surface area contributed by atoms with Crippen LogP contribution in [-0.2, 0) is 24.1 Å². The van der Waals surface area contributed by atoms with Gasteiger partial charge in [-0.2, -0.15) is 5.10 Å². The SMILES string of the molecule is COCCN1C=C(c2ccc3c(c2)CN(c2ncc(Cc4cccc(-n5cccn5)c4)s2)CC3)NN1. The highest BCUT2D eigenvalue weighted by atomic mass is 32.1. The maximum atomic E-state index is 5.18. The summed E-state index contributed by atoms with van der Waals surface area (Å²) in [5.41, 5.74) is 13.8. The summed E-state index contributed by atoms with van der Waals surface area (Å²) in [4.78, 5) is 8.47. The van der Waals surface area contributed by atoms with Gasteiger partial charge in [0.2, 0.25) is 0 Å². The van der Waals surface area contributed by atoms with Gasteiger partial charge in [-0.25, -0.2) is 9.67 Å². The molecule has 0 saturated heterocycles. The van der Waals surface area contributed by atoms with E-state index in [0.717, 1.165) is 49.0 Å². The highest BCUT2D eigenvalue weighted by Gasteiger charge is 2.21. The van der Waals surface area contributed by atoms with Crippen molar-refractivity contribution in [3.8, 4) is 5.69 Å². The molecule has 36 heavy (non-hydrogen) atoms. The van der Waals surface area contributed by atoms with Crippen LogP contribution in [0.5, 0.6) is 0 Å². The van der Waals surface area contributed by atoms with Crippen LogP contribution in [0.3, 0.4) is 0 Å². The fraction of sp³-hybridized carbons (Fsp3) is 0.259. The van der Waals surface area contributed by atoms with Crippen molar-refractivity contribution < 1.29 is 4.74 Å². The molecule has 184 valence electrons. The minimum absolute atomic E-state index is 0.670. The fourth-order valence-electron chi connectivity index (χ4n) is 4.65. The summed E-state index contributed by atoms with van der Waals surface area (Å²) >= 11 is 1.79. The van der Waals surface area contributed by atoms with Gasteiger partial charge < -0.3 is 15.1 Å². The summed E-state index contributed by atoms with van der Waals surface area (Å²) in [6.45, 7) is 3.31. The minimum atomic E-state index is 0.670. The third-order valence-electron chi connectivity index (χ3n) is 6.55. The largest absolute Gasteiger partial charge is 0.383 e. The molecule has 0 aliphatic carbocycles. The maximum Gasteiger partial charge on any atom is 0.185 e. The molecule has 8 nitrogen and oxygen atoms in total. The second kappa shape index (κ2) is 10.1. The van der Waals surface area contributed by atoms with Crippen molar-refractivity contribution in [1.29, 1.82) is 0 Å². The molecule has 0 radical (unpaired) electrons. The van der Waals surface area contributed by atoms with Crippen LogP contribution in [0.1, 0.15) is 27.1 Å². The van der Waals surface area contributed by atoms with Gasteiger partial charge >= 0.3 is 0 Å². The van der Waals surface area contributed by atoms with Gasteiger partial charge in [0.1, 0.15) is 0 Å². The molecule has 6 rings (SSSR count). The van der Waals surface area contributed by atoms with Gasteiger partial charge in [0, 0.05) is 61.9 Å². The van der Waals surface area contributed by atoms with E-state index >= 15 is 0 Å². The summed E-state index contributed by atoms with van der Waals surface area (Å²) in [5.74, 6) is 0. The molecule has 0 spiro atoms. The van der Waals surface area contributed by atoms with E-state index < -0.39 is 0 Å². The normalized spacial score (nSPS) is 15.1. The second-order valence-corrected chi connectivity index (χ2v) is 10.1. The van der Waals surface area contributed by atoms with E-state index in [4.69, 9.17) is 9.72 Å².